The van der Waals surface area contributed by atoms with E-state index in [1.807, 2.05) is 13.8 Å². The van der Waals surface area contributed by atoms with Crippen LogP contribution in [0.5, 0.6) is 0 Å². The Kier molecular flexibility index (Phi) is 6.09. The SMILES string of the molecule is CC(C)COCCNC(=O)c1cc(Cl)ccc1F. The van der Waals surface area contributed by atoms with Gasteiger partial charge >= 0.3 is 0 Å². The third-order valence-electron chi connectivity index (χ3n) is 2.16. The summed E-state index contributed by atoms with van der Waals surface area (Å²) >= 11 is 5.71. The number of benzene rings is 1. The van der Waals surface area contributed by atoms with Crippen molar-refractivity contribution >= 4 is 17.5 Å². The van der Waals surface area contributed by atoms with E-state index in [4.69, 9.17) is 16.3 Å². The number of halogens is 2. The van der Waals surface area contributed by atoms with E-state index < -0.39 is 11.7 Å². The Morgan fingerprint density at radius 2 is 2.22 bits per heavy atom. The first-order valence-electron chi connectivity index (χ1n) is 5.81. The molecular weight excluding hydrogens is 257 g/mol. The van der Waals surface area contributed by atoms with E-state index in [-0.39, 0.29) is 5.56 Å². The number of carbonyl (C=O) groups is 1. The minimum Gasteiger partial charge on any atom is -0.379 e. The number of nitrogens with one attached hydrogen (secondary N) is 1. The highest BCUT2D eigenvalue weighted by molar-refractivity contribution is 6.30. The molecule has 100 valence electrons. The van der Waals surface area contributed by atoms with Crippen LogP contribution in [0, 0.1) is 11.7 Å². The fraction of sp³-hybridized carbons (Fsp3) is 0.462. The van der Waals surface area contributed by atoms with Crippen molar-refractivity contribution in [3.05, 3.63) is 34.6 Å². The molecule has 0 radical (unpaired) electrons. The molecule has 1 aromatic rings. The van der Waals surface area contributed by atoms with Gasteiger partial charge in [0, 0.05) is 18.2 Å². The highest BCUT2D eigenvalue weighted by Crippen LogP contribution is 2.14. The molecule has 1 aromatic carbocycles. The number of rotatable bonds is 6. The van der Waals surface area contributed by atoms with Gasteiger partial charge in [0.2, 0.25) is 0 Å². The first-order chi connectivity index (χ1) is 8.50. The number of ether oxygens (including phenoxy) is 1. The van der Waals surface area contributed by atoms with Gasteiger partial charge < -0.3 is 10.1 Å². The van der Waals surface area contributed by atoms with E-state index in [0.717, 1.165) is 0 Å². The van der Waals surface area contributed by atoms with Gasteiger partial charge in [-0.3, -0.25) is 4.79 Å². The van der Waals surface area contributed by atoms with Crippen molar-refractivity contribution in [2.45, 2.75) is 13.8 Å². The first-order valence-corrected chi connectivity index (χ1v) is 6.19. The third-order valence-corrected chi connectivity index (χ3v) is 2.39. The molecule has 0 aliphatic heterocycles. The van der Waals surface area contributed by atoms with Gasteiger partial charge in [-0.2, -0.15) is 0 Å². The second-order valence-electron chi connectivity index (χ2n) is 4.35. The molecule has 1 amide bonds. The van der Waals surface area contributed by atoms with E-state index in [9.17, 15) is 9.18 Å². The summed E-state index contributed by atoms with van der Waals surface area (Å²) in [5.74, 6) is -0.616. The van der Waals surface area contributed by atoms with Crippen molar-refractivity contribution in [1.29, 1.82) is 0 Å². The van der Waals surface area contributed by atoms with Gasteiger partial charge in [-0.25, -0.2) is 4.39 Å². The standard InChI is InChI=1S/C13H17ClFNO2/c1-9(2)8-18-6-5-16-13(17)11-7-10(14)3-4-12(11)15/h3-4,7,9H,5-6,8H2,1-2H3,(H,16,17). The summed E-state index contributed by atoms with van der Waals surface area (Å²) in [4.78, 5) is 11.6. The van der Waals surface area contributed by atoms with Gasteiger partial charge in [0.15, 0.2) is 0 Å². The predicted molar refractivity (Wildman–Crippen MR) is 69.4 cm³/mol. The number of amides is 1. The highest BCUT2D eigenvalue weighted by atomic mass is 35.5. The summed E-state index contributed by atoms with van der Waals surface area (Å²) in [6.45, 7) is 5.48. The van der Waals surface area contributed by atoms with E-state index in [2.05, 4.69) is 5.32 Å². The maximum absolute atomic E-state index is 13.4. The van der Waals surface area contributed by atoms with Crippen LogP contribution in [-0.4, -0.2) is 25.7 Å². The van der Waals surface area contributed by atoms with Crippen LogP contribution in [0.25, 0.3) is 0 Å². The molecule has 1 N–H and O–H groups in total. The summed E-state index contributed by atoms with van der Waals surface area (Å²) in [7, 11) is 0. The Bertz CT molecular complexity index is 410. The van der Waals surface area contributed by atoms with Gasteiger partial charge in [0.25, 0.3) is 5.91 Å². The number of carbonyl (C=O) groups excluding carboxylic acids is 1. The zero-order valence-electron chi connectivity index (χ0n) is 10.5. The molecule has 0 fully saturated rings. The third kappa shape index (κ3) is 5.02. The van der Waals surface area contributed by atoms with Crippen LogP contribution in [0.2, 0.25) is 5.02 Å². The summed E-state index contributed by atoms with van der Waals surface area (Å²) in [6.07, 6.45) is 0. The first kappa shape index (κ1) is 14.9. The maximum atomic E-state index is 13.4. The molecule has 0 aliphatic carbocycles. The number of hydrogen-bond donors (Lipinski definition) is 1. The summed E-state index contributed by atoms with van der Waals surface area (Å²) in [5, 5.41) is 2.91. The van der Waals surface area contributed by atoms with Gasteiger partial charge in [0.05, 0.1) is 12.2 Å². The predicted octanol–water partition coefficient (Wildman–Crippen LogP) is 2.88. The molecule has 0 aromatic heterocycles. The van der Waals surface area contributed by atoms with Crippen LogP contribution in [0.15, 0.2) is 18.2 Å². The van der Waals surface area contributed by atoms with Crippen molar-refractivity contribution in [1.82, 2.24) is 5.32 Å². The Morgan fingerprint density at radius 1 is 1.50 bits per heavy atom. The van der Waals surface area contributed by atoms with Crippen LogP contribution in [0.3, 0.4) is 0 Å². The fourth-order valence-corrected chi connectivity index (χ4v) is 1.49. The zero-order valence-corrected chi connectivity index (χ0v) is 11.3. The lowest BCUT2D eigenvalue weighted by Gasteiger charge is -2.08. The van der Waals surface area contributed by atoms with Gasteiger partial charge in [-0.15, -0.1) is 0 Å². The molecule has 0 atom stereocenters. The Balaban J connectivity index is 2.39. The van der Waals surface area contributed by atoms with E-state index in [0.29, 0.717) is 30.7 Å². The zero-order chi connectivity index (χ0) is 13.5. The minimum absolute atomic E-state index is 0.0497. The molecule has 0 heterocycles. The lowest BCUT2D eigenvalue weighted by Crippen LogP contribution is -2.28. The Labute approximate surface area is 111 Å². The molecule has 0 unspecified atom stereocenters. The van der Waals surface area contributed by atoms with Gasteiger partial charge in [-0.1, -0.05) is 25.4 Å². The molecule has 5 heteroatoms. The van der Waals surface area contributed by atoms with Crippen LogP contribution in [0.1, 0.15) is 24.2 Å². The molecule has 0 bridgehead atoms. The van der Waals surface area contributed by atoms with E-state index in [1.165, 1.54) is 18.2 Å². The minimum atomic E-state index is -0.583. The average Bonchev–Trinajstić information content (AvgIpc) is 2.31. The summed E-state index contributed by atoms with van der Waals surface area (Å²) < 4.78 is 18.7. The van der Waals surface area contributed by atoms with E-state index >= 15 is 0 Å². The fourth-order valence-electron chi connectivity index (χ4n) is 1.32. The van der Waals surface area contributed by atoms with Gasteiger partial charge in [0.1, 0.15) is 5.82 Å². The quantitative estimate of drug-likeness (QED) is 0.810. The second kappa shape index (κ2) is 7.34. The largest absolute Gasteiger partial charge is 0.379 e. The Morgan fingerprint density at radius 3 is 2.89 bits per heavy atom. The monoisotopic (exact) mass is 273 g/mol. The topological polar surface area (TPSA) is 38.3 Å². The van der Waals surface area contributed by atoms with E-state index in [1.54, 1.807) is 0 Å². The lowest BCUT2D eigenvalue weighted by atomic mass is 10.2. The summed E-state index contributed by atoms with van der Waals surface area (Å²) in [6, 6.07) is 3.88. The molecule has 0 saturated carbocycles. The highest BCUT2D eigenvalue weighted by Gasteiger charge is 2.11. The van der Waals surface area contributed by atoms with Crippen LogP contribution < -0.4 is 5.32 Å². The molecule has 0 spiro atoms. The van der Waals surface area contributed by atoms with Crippen LogP contribution >= 0.6 is 11.6 Å². The number of hydrogen-bond acceptors (Lipinski definition) is 2. The second-order valence-corrected chi connectivity index (χ2v) is 4.79. The van der Waals surface area contributed by atoms with Crippen LogP contribution in [-0.2, 0) is 4.74 Å². The Hall–Kier alpha value is -1.13. The normalized spacial score (nSPS) is 10.7. The summed E-state index contributed by atoms with van der Waals surface area (Å²) in [5.41, 5.74) is -0.0497. The maximum Gasteiger partial charge on any atom is 0.254 e. The van der Waals surface area contributed by atoms with Crippen molar-refractivity contribution in [2.75, 3.05) is 19.8 Å². The molecule has 18 heavy (non-hydrogen) atoms. The molecular formula is C13H17ClFNO2. The smallest absolute Gasteiger partial charge is 0.254 e. The molecule has 1 rings (SSSR count). The molecule has 0 aliphatic rings. The van der Waals surface area contributed by atoms with Crippen molar-refractivity contribution < 1.29 is 13.9 Å². The van der Waals surface area contributed by atoms with Crippen LogP contribution in [0.4, 0.5) is 4.39 Å². The molecule has 3 nitrogen and oxygen atoms in total. The van der Waals surface area contributed by atoms with Gasteiger partial charge in [-0.05, 0) is 24.1 Å². The van der Waals surface area contributed by atoms with Crippen molar-refractivity contribution in [3.8, 4) is 0 Å². The lowest BCUT2D eigenvalue weighted by molar-refractivity contribution is 0.0883. The van der Waals surface area contributed by atoms with Crippen molar-refractivity contribution in [2.24, 2.45) is 5.92 Å². The molecule has 0 saturated heterocycles. The van der Waals surface area contributed by atoms with Crippen molar-refractivity contribution in [3.63, 3.8) is 0 Å². The average molecular weight is 274 g/mol.